The van der Waals surface area contributed by atoms with Gasteiger partial charge in [0.1, 0.15) is 5.82 Å². The van der Waals surface area contributed by atoms with Crippen molar-refractivity contribution < 1.29 is 4.39 Å². The van der Waals surface area contributed by atoms with E-state index in [0.717, 1.165) is 22.5 Å². The standard InChI is InChI=1S/C14H11FN2/c1-10-2-7-13-8-16-14(9-17(10)13)11-3-5-12(15)6-4-11/h2-9H,1H3. The maximum atomic E-state index is 12.8. The number of rotatable bonds is 1. The molecular weight excluding hydrogens is 215 g/mol. The highest BCUT2D eigenvalue weighted by molar-refractivity contribution is 5.61. The molecule has 0 saturated carbocycles. The van der Waals surface area contributed by atoms with Gasteiger partial charge in [0, 0.05) is 17.5 Å². The normalized spacial score (nSPS) is 10.9. The van der Waals surface area contributed by atoms with Gasteiger partial charge < -0.3 is 4.40 Å². The van der Waals surface area contributed by atoms with Crippen LogP contribution in [-0.2, 0) is 0 Å². The Bertz CT molecular complexity index is 668. The second kappa shape index (κ2) is 3.70. The molecule has 1 aromatic carbocycles. The van der Waals surface area contributed by atoms with Gasteiger partial charge in [-0.1, -0.05) is 0 Å². The summed E-state index contributed by atoms with van der Waals surface area (Å²) in [5.41, 5.74) is 3.98. The Morgan fingerprint density at radius 2 is 1.82 bits per heavy atom. The number of aryl methyl sites for hydroxylation is 1. The van der Waals surface area contributed by atoms with E-state index in [9.17, 15) is 4.39 Å². The molecule has 0 spiro atoms. The number of hydrogen-bond acceptors (Lipinski definition) is 1. The third-order valence-electron chi connectivity index (χ3n) is 2.88. The fraction of sp³-hybridized carbons (Fsp3) is 0.0714. The van der Waals surface area contributed by atoms with E-state index in [-0.39, 0.29) is 5.82 Å². The van der Waals surface area contributed by atoms with Gasteiger partial charge in [0.15, 0.2) is 0 Å². The third-order valence-corrected chi connectivity index (χ3v) is 2.88. The van der Waals surface area contributed by atoms with Crippen LogP contribution in [0.5, 0.6) is 0 Å². The van der Waals surface area contributed by atoms with Gasteiger partial charge in [-0.05, 0) is 43.3 Å². The molecule has 0 bridgehead atoms. The minimum Gasteiger partial charge on any atom is -0.317 e. The van der Waals surface area contributed by atoms with E-state index in [1.165, 1.54) is 12.1 Å². The summed E-state index contributed by atoms with van der Waals surface area (Å²) in [4.78, 5) is 4.38. The van der Waals surface area contributed by atoms with Crippen molar-refractivity contribution in [1.82, 2.24) is 9.38 Å². The Labute approximate surface area is 98.4 Å². The molecule has 2 aromatic heterocycles. The van der Waals surface area contributed by atoms with Crippen molar-refractivity contribution in [3.8, 4) is 11.3 Å². The van der Waals surface area contributed by atoms with Gasteiger partial charge in [-0.2, -0.15) is 0 Å². The Morgan fingerprint density at radius 1 is 1.06 bits per heavy atom. The molecule has 0 N–H and O–H groups in total. The molecule has 17 heavy (non-hydrogen) atoms. The van der Waals surface area contributed by atoms with Crippen LogP contribution >= 0.6 is 0 Å². The van der Waals surface area contributed by atoms with E-state index < -0.39 is 0 Å². The van der Waals surface area contributed by atoms with Crippen LogP contribution in [-0.4, -0.2) is 9.38 Å². The first kappa shape index (κ1) is 10.0. The van der Waals surface area contributed by atoms with E-state index in [0.29, 0.717) is 0 Å². The maximum Gasteiger partial charge on any atom is 0.123 e. The van der Waals surface area contributed by atoms with Crippen LogP contribution < -0.4 is 0 Å². The molecular formula is C14H11FN2. The molecule has 0 amide bonds. The predicted molar refractivity (Wildman–Crippen MR) is 65.3 cm³/mol. The van der Waals surface area contributed by atoms with Crippen LogP contribution in [0, 0.1) is 12.7 Å². The molecule has 0 atom stereocenters. The summed E-state index contributed by atoms with van der Waals surface area (Å²) in [6.07, 6.45) is 3.80. The number of benzene rings is 1. The lowest BCUT2D eigenvalue weighted by molar-refractivity contribution is 0.628. The Balaban J connectivity index is 2.17. The predicted octanol–water partition coefficient (Wildman–Crippen LogP) is 3.45. The fourth-order valence-corrected chi connectivity index (χ4v) is 1.91. The number of halogens is 1. The number of fused-ring (bicyclic) bond motifs is 1. The van der Waals surface area contributed by atoms with Gasteiger partial charge in [0.2, 0.25) is 0 Å². The van der Waals surface area contributed by atoms with Crippen molar-refractivity contribution in [3.63, 3.8) is 0 Å². The van der Waals surface area contributed by atoms with E-state index in [1.807, 2.05) is 31.5 Å². The quantitative estimate of drug-likeness (QED) is 0.621. The molecule has 84 valence electrons. The molecule has 0 fully saturated rings. The topological polar surface area (TPSA) is 17.3 Å². The average molecular weight is 226 g/mol. The lowest BCUT2D eigenvalue weighted by Gasteiger charge is -2.03. The van der Waals surface area contributed by atoms with Gasteiger partial charge in [-0.15, -0.1) is 0 Å². The zero-order chi connectivity index (χ0) is 11.8. The molecule has 0 radical (unpaired) electrons. The summed E-state index contributed by atoms with van der Waals surface area (Å²) in [6.45, 7) is 2.04. The SMILES string of the molecule is Cc1ccc2cnc(-c3ccc(F)cc3)cn12. The molecule has 3 aromatic rings. The number of hydrogen-bond donors (Lipinski definition) is 0. The largest absolute Gasteiger partial charge is 0.317 e. The van der Waals surface area contributed by atoms with Crippen LogP contribution in [0.2, 0.25) is 0 Å². The molecule has 3 rings (SSSR count). The molecule has 0 saturated heterocycles. The maximum absolute atomic E-state index is 12.8. The zero-order valence-electron chi connectivity index (χ0n) is 9.39. The minimum absolute atomic E-state index is 0.230. The van der Waals surface area contributed by atoms with Crippen LogP contribution in [0.3, 0.4) is 0 Å². The van der Waals surface area contributed by atoms with Crippen molar-refractivity contribution in [2.45, 2.75) is 6.92 Å². The van der Waals surface area contributed by atoms with Crippen molar-refractivity contribution in [2.75, 3.05) is 0 Å². The summed E-state index contributed by atoms with van der Waals surface area (Å²) in [7, 11) is 0. The molecule has 3 heteroatoms. The monoisotopic (exact) mass is 226 g/mol. The smallest absolute Gasteiger partial charge is 0.123 e. The summed E-state index contributed by atoms with van der Waals surface area (Å²) < 4.78 is 14.9. The number of nitrogens with zero attached hydrogens (tertiary/aromatic N) is 2. The van der Waals surface area contributed by atoms with E-state index >= 15 is 0 Å². The van der Waals surface area contributed by atoms with Gasteiger partial charge in [-0.3, -0.25) is 4.98 Å². The third kappa shape index (κ3) is 1.69. The Morgan fingerprint density at radius 3 is 2.59 bits per heavy atom. The second-order valence-corrected chi connectivity index (χ2v) is 4.05. The summed E-state index contributed by atoms with van der Waals surface area (Å²) in [6, 6.07) is 10.4. The molecule has 0 aliphatic heterocycles. The summed E-state index contributed by atoms with van der Waals surface area (Å²) in [5.74, 6) is -0.230. The van der Waals surface area contributed by atoms with E-state index in [1.54, 1.807) is 12.1 Å². The van der Waals surface area contributed by atoms with Gasteiger partial charge in [0.25, 0.3) is 0 Å². The summed E-state index contributed by atoms with van der Waals surface area (Å²) in [5, 5.41) is 0. The molecule has 0 aliphatic carbocycles. The van der Waals surface area contributed by atoms with E-state index in [4.69, 9.17) is 0 Å². The van der Waals surface area contributed by atoms with Crippen LogP contribution in [0.15, 0.2) is 48.8 Å². The van der Waals surface area contributed by atoms with Crippen LogP contribution in [0.4, 0.5) is 4.39 Å². The van der Waals surface area contributed by atoms with Crippen molar-refractivity contribution in [2.24, 2.45) is 0 Å². The van der Waals surface area contributed by atoms with Crippen molar-refractivity contribution in [1.29, 1.82) is 0 Å². The van der Waals surface area contributed by atoms with Crippen LogP contribution in [0.1, 0.15) is 5.69 Å². The molecule has 2 nitrogen and oxygen atoms in total. The molecule has 0 aliphatic rings. The van der Waals surface area contributed by atoms with Gasteiger partial charge in [0.05, 0.1) is 17.4 Å². The van der Waals surface area contributed by atoms with Crippen LogP contribution in [0.25, 0.3) is 16.8 Å². The zero-order valence-corrected chi connectivity index (χ0v) is 9.39. The lowest BCUT2D eigenvalue weighted by atomic mass is 10.1. The highest BCUT2D eigenvalue weighted by Gasteiger charge is 2.03. The molecule has 2 heterocycles. The average Bonchev–Trinajstić information content (AvgIpc) is 2.72. The van der Waals surface area contributed by atoms with Gasteiger partial charge in [-0.25, -0.2) is 4.39 Å². The van der Waals surface area contributed by atoms with Crippen molar-refractivity contribution >= 4 is 5.52 Å². The van der Waals surface area contributed by atoms with Gasteiger partial charge >= 0.3 is 0 Å². The molecule has 0 unspecified atom stereocenters. The highest BCUT2D eigenvalue weighted by Crippen LogP contribution is 2.19. The first-order valence-corrected chi connectivity index (χ1v) is 5.44. The first-order chi connectivity index (χ1) is 8.24. The second-order valence-electron chi connectivity index (χ2n) is 4.05. The van der Waals surface area contributed by atoms with Crippen molar-refractivity contribution in [3.05, 3.63) is 60.3 Å². The Hall–Kier alpha value is -2.16. The number of aromatic nitrogens is 2. The summed E-state index contributed by atoms with van der Waals surface area (Å²) >= 11 is 0. The first-order valence-electron chi connectivity index (χ1n) is 5.44. The van der Waals surface area contributed by atoms with E-state index in [2.05, 4.69) is 9.38 Å². The Kier molecular flexibility index (Phi) is 2.18. The lowest BCUT2D eigenvalue weighted by Crippen LogP contribution is -1.91. The fourth-order valence-electron chi connectivity index (χ4n) is 1.91. The minimum atomic E-state index is -0.230. The highest BCUT2D eigenvalue weighted by atomic mass is 19.1.